The average Bonchev–Trinajstić information content (AvgIpc) is 2.49. The molecule has 0 spiro atoms. The van der Waals surface area contributed by atoms with Gasteiger partial charge in [0.2, 0.25) is 0 Å². The summed E-state index contributed by atoms with van der Waals surface area (Å²) in [7, 11) is 1.56. The van der Waals surface area contributed by atoms with Crippen molar-refractivity contribution in [2.24, 2.45) is 5.73 Å². The Morgan fingerprint density at radius 3 is 1.89 bits per heavy atom. The van der Waals surface area contributed by atoms with Gasteiger partial charge in [0.1, 0.15) is 24.0 Å². The summed E-state index contributed by atoms with van der Waals surface area (Å²) in [6.07, 6.45) is 5.61. The Kier molecular flexibility index (Phi) is 5.54. The number of aromatic nitrogens is 4. The van der Waals surface area contributed by atoms with Crippen LogP contribution < -0.4 is 11.1 Å². The van der Waals surface area contributed by atoms with E-state index in [1.165, 1.54) is 31.1 Å². The lowest BCUT2D eigenvalue weighted by Crippen LogP contribution is -2.18. The van der Waals surface area contributed by atoms with Gasteiger partial charge in [-0.15, -0.1) is 0 Å². The molecule has 8 heteroatoms. The van der Waals surface area contributed by atoms with Crippen LogP contribution in [0.2, 0.25) is 0 Å². The number of amides is 2. The second-order valence-electron chi connectivity index (χ2n) is 3.13. The van der Waals surface area contributed by atoms with E-state index in [-0.39, 0.29) is 11.6 Å². The van der Waals surface area contributed by atoms with Crippen LogP contribution >= 0.6 is 0 Å². The zero-order valence-corrected chi connectivity index (χ0v) is 10.1. The number of primary amides is 1. The molecule has 0 aliphatic heterocycles. The summed E-state index contributed by atoms with van der Waals surface area (Å²) < 4.78 is 0. The highest BCUT2D eigenvalue weighted by molar-refractivity contribution is 5.91. The quantitative estimate of drug-likeness (QED) is 0.743. The van der Waals surface area contributed by atoms with Crippen LogP contribution in [0.15, 0.2) is 37.2 Å². The predicted octanol–water partition coefficient (Wildman–Crippen LogP) is -0.588. The first kappa shape index (κ1) is 14.2. The number of rotatable bonds is 2. The lowest BCUT2D eigenvalue weighted by molar-refractivity contribution is 0.0956. The van der Waals surface area contributed by atoms with Crippen molar-refractivity contribution >= 4 is 11.8 Å². The van der Waals surface area contributed by atoms with E-state index in [0.29, 0.717) is 5.69 Å². The minimum atomic E-state index is -0.530. The smallest absolute Gasteiger partial charge is 0.269 e. The van der Waals surface area contributed by atoms with Gasteiger partial charge in [0.25, 0.3) is 11.8 Å². The van der Waals surface area contributed by atoms with Crippen LogP contribution in [0.3, 0.4) is 0 Å². The molecular formula is C11H12N6O2. The standard InChI is InChI=1S/C6H7N3O.C5H5N3O/c1-7-6(10)5-2-3-8-4-9-5;6-5(9)4-1-2-7-3-8-4/h2-4H,1H3,(H,7,10);1-3H,(H2,6,9). The van der Waals surface area contributed by atoms with Crippen molar-refractivity contribution in [2.75, 3.05) is 7.05 Å². The van der Waals surface area contributed by atoms with Crippen molar-refractivity contribution < 1.29 is 9.59 Å². The number of hydrogen-bond acceptors (Lipinski definition) is 6. The third-order valence-corrected chi connectivity index (χ3v) is 1.88. The average molecular weight is 260 g/mol. The maximum atomic E-state index is 10.8. The number of carbonyl (C=O) groups excluding carboxylic acids is 2. The van der Waals surface area contributed by atoms with Crippen molar-refractivity contribution in [3.8, 4) is 0 Å². The molecule has 19 heavy (non-hydrogen) atoms. The lowest BCUT2D eigenvalue weighted by atomic mass is 10.4. The molecule has 0 aromatic carbocycles. The third kappa shape index (κ3) is 4.86. The molecule has 0 aliphatic rings. The molecule has 2 amide bonds. The number of hydrogen-bond donors (Lipinski definition) is 2. The number of nitrogens with two attached hydrogens (primary N) is 1. The monoisotopic (exact) mass is 260 g/mol. The van der Waals surface area contributed by atoms with Gasteiger partial charge >= 0.3 is 0 Å². The lowest BCUT2D eigenvalue weighted by Gasteiger charge is -1.94. The fourth-order valence-corrected chi connectivity index (χ4v) is 0.990. The van der Waals surface area contributed by atoms with Gasteiger partial charge < -0.3 is 11.1 Å². The molecule has 98 valence electrons. The maximum Gasteiger partial charge on any atom is 0.269 e. The molecule has 0 atom stereocenters. The number of nitrogens with one attached hydrogen (secondary N) is 1. The molecular weight excluding hydrogens is 248 g/mol. The molecule has 8 nitrogen and oxygen atoms in total. The molecule has 2 heterocycles. The van der Waals surface area contributed by atoms with Crippen molar-refractivity contribution in [1.29, 1.82) is 0 Å². The van der Waals surface area contributed by atoms with Gasteiger partial charge in [0.05, 0.1) is 0 Å². The van der Waals surface area contributed by atoms with Crippen LogP contribution in [0.4, 0.5) is 0 Å². The Hall–Kier alpha value is -2.90. The highest BCUT2D eigenvalue weighted by Gasteiger charge is 2.00. The van der Waals surface area contributed by atoms with Gasteiger partial charge in [-0.25, -0.2) is 19.9 Å². The van der Waals surface area contributed by atoms with Crippen LogP contribution in [0.5, 0.6) is 0 Å². The van der Waals surface area contributed by atoms with Gasteiger partial charge in [-0.2, -0.15) is 0 Å². The molecule has 2 rings (SSSR count). The second kappa shape index (κ2) is 7.43. The normalized spacial score (nSPS) is 8.89. The summed E-state index contributed by atoms with van der Waals surface area (Å²) in [6, 6.07) is 3.02. The summed E-state index contributed by atoms with van der Waals surface area (Å²) in [5.41, 5.74) is 5.51. The van der Waals surface area contributed by atoms with Gasteiger partial charge in [0.15, 0.2) is 0 Å². The van der Waals surface area contributed by atoms with Gasteiger partial charge in [0, 0.05) is 19.4 Å². The molecule has 3 N–H and O–H groups in total. The van der Waals surface area contributed by atoms with E-state index in [2.05, 4.69) is 25.3 Å². The van der Waals surface area contributed by atoms with E-state index < -0.39 is 5.91 Å². The van der Waals surface area contributed by atoms with E-state index in [1.807, 2.05) is 0 Å². The van der Waals surface area contributed by atoms with Crippen LogP contribution in [0, 0.1) is 0 Å². The fraction of sp³-hybridized carbons (Fsp3) is 0.0909. The first-order chi connectivity index (χ1) is 9.15. The van der Waals surface area contributed by atoms with Crippen LogP contribution in [0.1, 0.15) is 21.0 Å². The summed E-state index contributed by atoms with van der Waals surface area (Å²) in [5, 5.41) is 2.45. The minimum Gasteiger partial charge on any atom is -0.364 e. The van der Waals surface area contributed by atoms with Crippen molar-refractivity contribution in [3.63, 3.8) is 0 Å². The van der Waals surface area contributed by atoms with E-state index in [0.717, 1.165) is 0 Å². The Labute approximate surface area is 109 Å². The summed E-state index contributed by atoms with van der Waals surface area (Å²) in [5.74, 6) is -0.722. The van der Waals surface area contributed by atoms with Gasteiger partial charge in [-0.05, 0) is 12.1 Å². The van der Waals surface area contributed by atoms with Gasteiger partial charge in [-0.1, -0.05) is 0 Å². The molecule has 0 aliphatic carbocycles. The van der Waals surface area contributed by atoms with Crippen LogP contribution in [-0.4, -0.2) is 38.8 Å². The summed E-state index contributed by atoms with van der Waals surface area (Å²) >= 11 is 0. The number of nitrogens with zero attached hydrogens (tertiary/aromatic N) is 4. The van der Waals surface area contributed by atoms with E-state index in [1.54, 1.807) is 13.1 Å². The largest absolute Gasteiger partial charge is 0.364 e. The maximum absolute atomic E-state index is 10.8. The van der Waals surface area contributed by atoms with Crippen molar-refractivity contribution in [2.45, 2.75) is 0 Å². The van der Waals surface area contributed by atoms with E-state index in [4.69, 9.17) is 5.73 Å². The minimum absolute atomic E-state index is 0.192. The predicted molar refractivity (Wildman–Crippen MR) is 66.0 cm³/mol. The molecule has 0 fully saturated rings. The molecule has 0 bridgehead atoms. The molecule has 0 saturated heterocycles. The zero-order valence-electron chi connectivity index (χ0n) is 10.1. The molecule has 2 aromatic heterocycles. The first-order valence-corrected chi connectivity index (χ1v) is 5.19. The molecule has 2 aromatic rings. The molecule has 0 radical (unpaired) electrons. The van der Waals surface area contributed by atoms with Crippen molar-refractivity contribution in [1.82, 2.24) is 25.3 Å². The Morgan fingerprint density at radius 1 is 1.05 bits per heavy atom. The topological polar surface area (TPSA) is 124 Å². The van der Waals surface area contributed by atoms with Crippen molar-refractivity contribution in [3.05, 3.63) is 48.6 Å². The molecule has 0 saturated carbocycles. The van der Waals surface area contributed by atoms with Gasteiger partial charge in [-0.3, -0.25) is 9.59 Å². The SMILES string of the molecule is CNC(=O)c1ccncn1.NC(=O)c1ccncn1. The first-order valence-electron chi connectivity index (χ1n) is 5.19. The Morgan fingerprint density at radius 2 is 1.58 bits per heavy atom. The van der Waals surface area contributed by atoms with E-state index >= 15 is 0 Å². The highest BCUT2D eigenvalue weighted by Crippen LogP contribution is 1.88. The third-order valence-electron chi connectivity index (χ3n) is 1.88. The Bertz CT molecular complexity index is 531. The van der Waals surface area contributed by atoms with Crippen LogP contribution in [0.25, 0.3) is 0 Å². The second-order valence-corrected chi connectivity index (χ2v) is 3.13. The summed E-state index contributed by atoms with van der Waals surface area (Å²) in [6.45, 7) is 0. The van der Waals surface area contributed by atoms with E-state index in [9.17, 15) is 9.59 Å². The highest BCUT2D eigenvalue weighted by atomic mass is 16.2. The number of carbonyl (C=O) groups is 2. The zero-order chi connectivity index (χ0) is 14.1. The molecule has 0 unspecified atom stereocenters. The van der Waals surface area contributed by atoms with Crippen LogP contribution in [-0.2, 0) is 0 Å². The fourth-order valence-electron chi connectivity index (χ4n) is 0.990. The summed E-state index contributed by atoms with van der Waals surface area (Å²) in [4.78, 5) is 35.7. The Balaban J connectivity index is 0.000000191.